The Labute approximate surface area is 219 Å². The third kappa shape index (κ3) is 14.5. The predicted octanol–water partition coefficient (Wildman–Crippen LogP) is -3.02. The van der Waals surface area contributed by atoms with Gasteiger partial charge in [0, 0.05) is 0 Å². The van der Waals surface area contributed by atoms with Gasteiger partial charge in [-0.3, -0.25) is 22.6 Å². The average Bonchev–Trinajstić information content (AvgIpc) is 2.57. The van der Waals surface area contributed by atoms with Crippen LogP contribution >= 0.6 is 54.8 Å². The number of aliphatic hydroxyl groups is 1. The molecule has 1 aliphatic carbocycles. The second-order valence-corrected chi connectivity index (χ2v) is 16.0. The first-order chi connectivity index (χ1) is 17.3. The number of phosphoric acid groups is 7. The molecular weight excluding hydrogens is 721 g/mol. The molecule has 40 heavy (non-hydrogen) atoms. The largest absolute Gasteiger partial charge is 0.481 e. The molecule has 34 heteroatoms. The molecule has 0 spiro atoms. The summed E-state index contributed by atoms with van der Waals surface area (Å²) in [4.78, 5) is 109. The van der Waals surface area contributed by atoms with Crippen molar-refractivity contribution >= 4 is 54.8 Å². The molecule has 0 amide bonds. The quantitative estimate of drug-likeness (QED) is 0.0788. The molecule has 8 atom stereocenters. The van der Waals surface area contributed by atoms with Gasteiger partial charge in [0.2, 0.25) is 0 Å². The second-order valence-electron chi connectivity index (χ2n) is 6.89. The van der Waals surface area contributed by atoms with Gasteiger partial charge in [-0.25, -0.2) is 32.0 Å². The van der Waals surface area contributed by atoms with Crippen molar-refractivity contribution in [1.29, 1.82) is 0 Å². The molecule has 2 unspecified atom stereocenters. The first-order valence-electron chi connectivity index (χ1n) is 8.76. The van der Waals surface area contributed by atoms with Crippen LogP contribution in [0.5, 0.6) is 0 Å². The number of hydrogen-bond donors (Lipinski definition) is 13. The molecule has 240 valence electrons. The van der Waals surface area contributed by atoms with Crippen LogP contribution in [-0.4, -0.2) is 100 Å². The third-order valence-electron chi connectivity index (χ3n) is 3.67. The highest BCUT2D eigenvalue weighted by Crippen LogP contribution is 2.63. The fourth-order valence-corrected chi connectivity index (χ4v) is 8.07. The van der Waals surface area contributed by atoms with E-state index in [0.29, 0.717) is 0 Å². The summed E-state index contributed by atoms with van der Waals surface area (Å²) in [6, 6.07) is 0. The van der Waals surface area contributed by atoms with E-state index in [4.69, 9.17) is 29.4 Å². The molecule has 0 heterocycles. The van der Waals surface area contributed by atoms with Crippen LogP contribution in [0.2, 0.25) is 0 Å². The minimum Gasteiger partial charge on any atom is -0.387 e. The lowest BCUT2D eigenvalue weighted by Crippen LogP contribution is -2.66. The third-order valence-corrected chi connectivity index (χ3v) is 9.60. The van der Waals surface area contributed by atoms with E-state index in [2.05, 4.69) is 31.2 Å². The lowest BCUT2D eigenvalue weighted by molar-refractivity contribution is -0.205. The number of phosphoric ester groups is 5. The van der Waals surface area contributed by atoms with Gasteiger partial charge in [-0.05, 0) is 0 Å². The van der Waals surface area contributed by atoms with E-state index in [1.807, 2.05) is 0 Å². The minimum atomic E-state index is -6.40. The topological polar surface area (TPSA) is 447 Å². The van der Waals surface area contributed by atoms with E-state index in [-0.39, 0.29) is 0 Å². The second kappa shape index (κ2) is 13.0. The molecule has 0 saturated heterocycles. The highest BCUT2D eigenvalue weighted by molar-refractivity contribution is 7.61. The van der Waals surface area contributed by atoms with Crippen LogP contribution in [0.15, 0.2) is 0 Å². The van der Waals surface area contributed by atoms with Crippen LogP contribution in [0.1, 0.15) is 0 Å². The predicted molar refractivity (Wildman–Crippen MR) is 112 cm³/mol. The maximum atomic E-state index is 12.2. The van der Waals surface area contributed by atoms with Crippen molar-refractivity contribution in [3.63, 3.8) is 0 Å². The highest BCUT2D eigenvalue weighted by Gasteiger charge is 2.61. The summed E-state index contributed by atoms with van der Waals surface area (Å²) < 4.78 is 108. The molecule has 27 nitrogen and oxygen atoms in total. The first kappa shape index (κ1) is 38.8. The summed E-state index contributed by atoms with van der Waals surface area (Å²) in [6.07, 6.45) is -19.5. The van der Waals surface area contributed by atoms with Crippen LogP contribution in [-0.2, 0) is 63.2 Å². The van der Waals surface area contributed by atoms with Gasteiger partial charge in [0.25, 0.3) is 0 Å². The fraction of sp³-hybridized carbons (Fsp3) is 1.00. The molecule has 1 fully saturated rings. The molecule has 0 aromatic rings. The van der Waals surface area contributed by atoms with Gasteiger partial charge >= 0.3 is 54.8 Å². The SMILES string of the molecule is O=P(O)(O)O[C@@H]1[C@@H](OP(=O)(O)OP(=O)(O)O)[C@@H](OP(=O)(O)O)[C@@H](OP(=O)(O)OP(=O)(O)O)[C@H](O)[C@H]1OP(=O)(O)O. The van der Waals surface area contributed by atoms with E-state index in [0.717, 1.165) is 0 Å². The Morgan fingerprint density at radius 1 is 0.350 bits per heavy atom. The number of aliphatic hydroxyl groups excluding tert-OH is 1. The van der Waals surface area contributed by atoms with Crippen LogP contribution in [0, 0.1) is 0 Å². The van der Waals surface area contributed by atoms with Gasteiger partial charge in [0.15, 0.2) is 0 Å². The fourth-order valence-electron chi connectivity index (χ4n) is 2.83. The van der Waals surface area contributed by atoms with Crippen LogP contribution in [0.4, 0.5) is 0 Å². The van der Waals surface area contributed by atoms with E-state index in [1.54, 1.807) is 0 Å². The van der Waals surface area contributed by atoms with Crippen molar-refractivity contribution in [1.82, 2.24) is 0 Å². The summed E-state index contributed by atoms with van der Waals surface area (Å²) in [6.45, 7) is 0. The Balaban J connectivity index is 3.95. The molecule has 13 N–H and O–H groups in total. The van der Waals surface area contributed by atoms with E-state index < -0.39 is 91.4 Å². The first-order valence-corrected chi connectivity index (χ1v) is 19.4. The van der Waals surface area contributed by atoms with Gasteiger partial charge in [-0.15, -0.1) is 0 Å². The summed E-state index contributed by atoms with van der Waals surface area (Å²) in [5.74, 6) is 0. The molecular formula is C6H19O27P7. The molecule has 1 saturated carbocycles. The van der Waals surface area contributed by atoms with Crippen molar-refractivity contribution in [2.75, 3.05) is 0 Å². The summed E-state index contributed by atoms with van der Waals surface area (Å²) in [7, 11) is -43.0. The Hall–Kier alpha value is 0.810. The maximum absolute atomic E-state index is 12.2. The summed E-state index contributed by atoms with van der Waals surface area (Å²) in [5, 5.41) is 10.5. The van der Waals surface area contributed by atoms with Crippen molar-refractivity contribution in [2.24, 2.45) is 0 Å². The monoisotopic (exact) mass is 740 g/mol. The zero-order valence-corrected chi connectivity index (χ0v) is 24.4. The van der Waals surface area contributed by atoms with Crippen molar-refractivity contribution in [2.45, 2.75) is 36.6 Å². The van der Waals surface area contributed by atoms with Crippen LogP contribution in [0.25, 0.3) is 0 Å². The standard InChI is InChI=1S/C6H19O27P7/c7-1-2(27-34(8,9)10)4(28-35(11,12)13)6(31-40(25,26)33-38(20,21)22)5(29-36(14,15)16)3(1)30-39(23,24)32-37(17,18)19/h1-7H,(H,23,24)(H,25,26)(H2,8,9,10)(H2,11,12,13)(H2,14,15,16)(H2,17,18,19)(H2,20,21,22)/t1-,2-,3+,4+,5+,6-/m1/s1. The Morgan fingerprint density at radius 3 is 0.850 bits per heavy atom. The van der Waals surface area contributed by atoms with Crippen LogP contribution in [0.3, 0.4) is 0 Å². The van der Waals surface area contributed by atoms with Crippen molar-refractivity contribution in [3.05, 3.63) is 0 Å². The van der Waals surface area contributed by atoms with E-state index in [9.17, 15) is 66.4 Å². The molecule has 0 aromatic carbocycles. The Morgan fingerprint density at radius 2 is 0.575 bits per heavy atom. The van der Waals surface area contributed by atoms with Gasteiger partial charge in [-0.1, -0.05) is 0 Å². The lowest BCUT2D eigenvalue weighted by Gasteiger charge is -2.47. The van der Waals surface area contributed by atoms with E-state index in [1.165, 1.54) is 0 Å². The van der Waals surface area contributed by atoms with Gasteiger partial charge in [0.1, 0.15) is 36.6 Å². The normalized spacial score (nSPS) is 30.4. The van der Waals surface area contributed by atoms with Gasteiger partial charge in [-0.2, -0.15) is 8.62 Å². The summed E-state index contributed by atoms with van der Waals surface area (Å²) >= 11 is 0. The Bertz CT molecular complexity index is 1230. The summed E-state index contributed by atoms with van der Waals surface area (Å²) in [5.41, 5.74) is 0. The zero-order chi connectivity index (χ0) is 31.9. The van der Waals surface area contributed by atoms with Crippen molar-refractivity contribution < 1.29 is 127 Å². The van der Waals surface area contributed by atoms with Gasteiger partial charge in [0.05, 0.1) is 0 Å². The maximum Gasteiger partial charge on any atom is 0.481 e. The van der Waals surface area contributed by atoms with Crippen molar-refractivity contribution in [3.8, 4) is 0 Å². The molecule has 0 radical (unpaired) electrons. The highest BCUT2D eigenvalue weighted by atomic mass is 31.3. The smallest absolute Gasteiger partial charge is 0.387 e. The zero-order valence-electron chi connectivity index (χ0n) is 18.1. The molecule has 0 bridgehead atoms. The molecule has 0 aromatic heterocycles. The van der Waals surface area contributed by atoms with Gasteiger partial charge < -0.3 is 63.8 Å². The molecule has 1 aliphatic rings. The Kier molecular flexibility index (Phi) is 12.7. The average molecular weight is 740 g/mol. The molecule has 1 rings (SSSR count). The number of rotatable bonds is 14. The van der Waals surface area contributed by atoms with E-state index >= 15 is 0 Å². The van der Waals surface area contributed by atoms with Crippen LogP contribution < -0.4 is 0 Å². The lowest BCUT2D eigenvalue weighted by atomic mass is 9.85. The molecule has 0 aliphatic heterocycles. The number of hydrogen-bond acceptors (Lipinski definition) is 15. The minimum absolute atomic E-state index is 3.16.